The molecule has 1 fully saturated rings. The monoisotopic (exact) mass is 318 g/mol. The van der Waals surface area contributed by atoms with E-state index in [1.807, 2.05) is 6.92 Å². The molecule has 0 aliphatic carbocycles. The number of hydrogen-bond acceptors (Lipinski definition) is 4. The normalized spacial score (nSPS) is 23.1. The van der Waals surface area contributed by atoms with Crippen LogP contribution in [0.25, 0.3) is 0 Å². The molecule has 0 aromatic heterocycles. The van der Waals surface area contributed by atoms with E-state index in [-0.39, 0.29) is 20.9 Å². The van der Waals surface area contributed by atoms with Gasteiger partial charge in [-0.25, -0.2) is 17.5 Å². The van der Waals surface area contributed by atoms with Crippen LogP contribution in [0, 0.1) is 12.7 Å². The summed E-state index contributed by atoms with van der Waals surface area (Å²) in [6.45, 7) is 3.82. The molecule has 1 aliphatic heterocycles. The third-order valence-electron chi connectivity index (χ3n) is 3.55. The smallest absolute Gasteiger partial charge is 0.241 e. The van der Waals surface area contributed by atoms with Crippen molar-refractivity contribution in [1.29, 1.82) is 0 Å². The van der Waals surface area contributed by atoms with Crippen molar-refractivity contribution in [1.82, 2.24) is 4.72 Å². The zero-order valence-electron chi connectivity index (χ0n) is 11.6. The number of anilines is 1. The van der Waals surface area contributed by atoms with Crippen molar-refractivity contribution in [3.63, 3.8) is 0 Å². The predicted octanol–water partition coefficient (Wildman–Crippen LogP) is 2.28. The number of halogens is 1. The van der Waals surface area contributed by atoms with Crippen LogP contribution in [-0.4, -0.2) is 25.5 Å². The molecule has 1 aromatic rings. The lowest BCUT2D eigenvalue weighted by Gasteiger charge is -2.23. The molecular weight excluding hydrogens is 299 g/mol. The number of rotatable bonds is 4. The van der Waals surface area contributed by atoms with E-state index in [0.29, 0.717) is 6.54 Å². The highest BCUT2D eigenvalue weighted by atomic mass is 32.2. The van der Waals surface area contributed by atoms with Gasteiger partial charge in [0.05, 0.1) is 4.90 Å². The van der Waals surface area contributed by atoms with Gasteiger partial charge in [-0.05, 0) is 44.6 Å². The van der Waals surface area contributed by atoms with E-state index in [0.717, 1.165) is 24.7 Å². The highest BCUT2D eigenvalue weighted by molar-refractivity contribution is 8.01. The van der Waals surface area contributed by atoms with Crippen LogP contribution >= 0.6 is 11.8 Å². The van der Waals surface area contributed by atoms with E-state index in [4.69, 9.17) is 5.73 Å². The third kappa shape index (κ3) is 3.27. The van der Waals surface area contributed by atoms with E-state index in [9.17, 15) is 12.8 Å². The Kier molecular flexibility index (Phi) is 4.32. The van der Waals surface area contributed by atoms with Crippen molar-refractivity contribution in [3.8, 4) is 0 Å². The molecule has 0 amide bonds. The fourth-order valence-electron chi connectivity index (χ4n) is 2.25. The molecule has 7 heteroatoms. The summed E-state index contributed by atoms with van der Waals surface area (Å²) in [4.78, 5) is -0.0819. The standard InChI is InChI=1S/C13H19FN2O2S2/c1-9-11(14)6-10(15)7-12(9)20(17,18)16-8-13(2)4-3-5-19-13/h6-7,16H,3-5,8,15H2,1-2H3. The lowest BCUT2D eigenvalue weighted by Crippen LogP contribution is -2.37. The molecule has 1 heterocycles. The van der Waals surface area contributed by atoms with Crippen molar-refractivity contribution >= 4 is 27.5 Å². The summed E-state index contributed by atoms with van der Waals surface area (Å²) < 4.78 is 40.7. The van der Waals surface area contributed by atoms with Crippen molar-refractivity contribution in [2.75, 3.05) is 18.0 Å². The number of nitrogens with one attached hydrogen (secondary N) is 1. The van der Waals surface area contributed by atoms with Crippen LogP contribution in [0.15, 0.2) is 17.0 Å². The molecule has 1 atom stereocenters. The van der Waals surface area contributed by atoms with Crippen molar-refractivity contribution < 1.29 is 12.8 Å². The van der Waals surface area contributed by atoms with Gasteiger partial charge in [-0.15, -0.1) is 0 Å². The van der Waals surface area contributed by atoms with Crippen LogP contribution in [-0.2, 0) is 10.0 Å². The summed E-state index contributed by atoms with van der Waals surface area (Å²) >= 11 is 1.77. The van der Waals surface area contributed by atoms with Crippen molar-refractivity contribution in [2.45, 2.75) is 36.3 Å². The maximum Gasteiger partial charge on any atom is 0.241 e. The van der Waals surface area contributed by atoms with E-state index in [1.54, 1.807) is 11.8 Å². The summed E-state index contributed by atoms with van der Waals surface area (Å²) in [5, 5.41) is 0. The van der Waals surface area contributed by atoms with Gasteiger partial charge < -0.3 is 5.73 Å². The zero-order valence-corrected chi connectivity index (χ0v) is 13.2. The van der Waals surface area contributed by atoms with Crippen LogP contribution < -0.4 is 10.5 Å². The van der Waals surface area contributed by atoms with Gasteiger partial charge >= 0.3 is 0 Å². The molecule has 1 aromatic carbocycles. The lowest BCUT2D eigenvalue weighted by molar-refractivity contribution is 0.549. The van der Waals surface area contributed by atoms with E-state index < -0.39 is 15.8 Å². The molecule has 0 spiro atoms. The number of thioether (sulfide) groups is 1. The number of benzene rings is 1. The minimum absolute atomic E-state index is 0.0819. The van der Waals surface area contributed by atoms with E-state index in [1.165, 1.54) is 13.0 Å². The molecule has 2 rings (SSSR count). The SMILES string of the molecule is Cc1c(F)cc(N)cc1S(=O)(=O)NCC1(C)CCCS1. The van der Waals surface area contributed by atoms with E-state index >= 15 is 0 Å². The fourth-order valence-corrected chi connectivity index (χ4v) is 5.05. The van der Waals surface area contributed by atoms with Crippen LogP contribution in [0.5, 0.6) is 0 Å². The van der Waals surface area contributed by atoms with Crippen LogP contribution in [0.1, 0.15) is 25.3 Å². The molecule has 1 unspecified atom stereocenters. The molecule has 1 saturated heterocycles. The van der Waals surface area contributed by atoms with Gasteiger partial charge in [0.2, 0.25) is 10.0 Å². The minimum atomic E-state index is -3.74. The zero-order chi connectivity index (χ0) is 15.0. The Hall–Kier alpha value is -0.790. The van der Waals surface area contributed by atoms with Crippen LogP contribution in [0.2, 0.25) is 0 Å². The number of nitrogens with two attached hydrogens (primary N) is 1. The predicted molar refractivity (Wildman–Crippen MR) is 80.8 cm³/mol. The summed E-state index contributed by atoms with van der Waals surface area (Å²) in [5.74, 6) is 0.441. The molecule has 0 radical (unpaired) electrons. The van der Waals surface area contributed by atoms with Gasteiger partial charge in [-0.1, -0.05) is 0 Å². The third-order valence-corrected chi connectivity index (χ3v) is 6.61. The molecule has 4 nitrogen and oxygen atoms in total. The first kappa shape index (κ1) is 15.6. The van der Waals surface area contributed by atoms with Gasteiger partial charge in [0.15, 0.2) is 0 Å². The van der Waals surface area contributed by atoms with Gasteiger partial charge in [-0.2, -0.15) is 11.8 Å². The second-order valence-corrected chi connectivity index (χ2v) is 8.77. The highest BCUT2D eigenvalue weighted by Crippen LogP contribution is 2.37. The summed E-state index contributed by atoms with van der Waals surface area (Å²) in [6.07, 6.45) is 2.07. The topological polar surface area (TPSA) is 72.2 Å². The molecular formula is C13H19FN2O2S2. The summed E-state index contributed by atoms with van der Waals surface area (Å²) in [7, 11) is -3.74. The molecule has 0 bridgehead atoms. The molecule has 0 saturated carbocycles. The minimum Gasteiger partial charge on any atom is -0.399 e. The highest BCUT2D eigenvalue weighted by Gasteiger charge is 2.31. The summed E-state index contributed by atoms with van der Waals surface area (Å²) in [6, 6.07) is 2.42. The maximum absolute atomic E-state index is 13.6. The quantitative estimate of drug-likeness (QED) is 0.836. The molecule has 112 valence electrons. The molecule has 1 aliphatic rings. The van der Waals surface area contributed by atoms with Crippen molar-refractivity contribution in [2.24, 2.45) is 0 Å². The number of sulfonamides is 1. The second kappa shape index (κ2) is 5.54. The van der Waals surface area contributed by atoms with Gasteiger partial charge in [0, 0.05) is 22.5 Å². The Morgan fingerprint density at radius 3 is 2.80 bits per heavy atom. The Morgan fingerprint density at radius 1 is 1.50 bits per heavy atom. The Bertz CT molecular complexity index is 611. The average Bonchev–Trinajstić information content (AvgIpc) is 2.79. The van der Waals surface area contributed by atoms with Gasteiger partial charge in [0.25, 0.3) is 0 Å². The largest absolute Gasteiger partial charge is 0.399 e. The fraction of sp³-hybridized carbons (Fsp3) is 0.538. The summed E-state index contributed by atoms with van der Waals surface area (Å²) in [5.41, 5.74) is 5.73. The van der Waals surface area contributed by atoms with E-state index in [2.05, 4.69) is 4.72 Å². The van der Waals surface area contributed by atoms with Crippen LogP contribution in [0.3, 0.4) is 0 Å². The first-order valence-corrected chi connectivity index (χ1v) is 8.90. The van der Waals surface area contributed by atoms with Gasteiger partial charge in [-0.3, -0.25) is 0 Å². The molecule has 20 heavy (non-hydrogen) atoms. The number of nitrogen functional groups attached to an aromatic ring is 1. The van der Waals surface area contributed by atoms with Crippen molar-refractivity contribution in [3.05, 3.63) is 23.5 Å². The second-order valence-electron chi connectivity index (χ2n) is 5.35. The van der Waals surface area contributed by atoms with Gasteiger partial charge in [0.1, 0.15) is 5.82 Å². The first-order valence-electron chi connectivity index (χ1n) is 6.43. The Labute approximate surface area is 123 Å². The Balaban J connectivity index is 2.22. The lowest BCUT2D eigenvalue weighted by atomic mass is 10.1. The number of hydrogen-bond donors (Lipinski definition) is 2. The van der Waals surface area contributed by atoms with Crippen LogP contribution in [0.4, 0.5) is 10.1 Å². The average molecular weight is 318 g/mol. The maximum atomic E-state index is 13.6. The first-order chi connectivity index (χ1) is 9.23. The molecule has 3 N–H and O–H groups in total. The Morgan fingerprint density at radius 2 is 2.20 bits per heavy atom.